The van der Waals surface area contributed by atoms with Gasteiger partial charge in [0.05, 0.1) is 12.6 Å². The molecular weight excluding hydrogens is 208 g/mol. The standard InChI is InChI=1S/C11H20N2OS/c1-3-14-7-6-13(2)10(9-12)11-5-4-8-15-11/h4-5,8,10H,3,6-7,9,12H2,1-2H3. The number of thiophene rings is 1. The summed E-state index contributed by atoms with van der Waals surface area (Å²) in [5.41, 5.74) is 5.79. The van der Waals surface area contributed by atoms with Gasteiger partial charge in [0, 0.05) is 24.6 Å². The summed E-state index contributed by atoms with van der Waals surface area (Å²) >= 11 is 1.76. The van der Waals surface area contributed by atoms with Crippen molar-refractivity contribution >= 4 is 11.3 Å². The van der Waals surface area contributed by atoms with Crippen molar-refractivity contribution in [3.05, 3.63) is 22.4 Å². The molecule has 1 rings (SSSR count). The van der Waals surface area contributed by atoms with Crippen LogP contribution in [0.4, 0.5) is 0 Å². The zero-order valence-corrected chi connectivity index (χ0v) is 10.3. The van der Waals surface area contributed by atoms with Gasteiger partial charge in [-0.2, -0.15) is 0 Å². The first-order valence-corrected chi connectivity index (χ1v) is 6.19. The normalized spacial score (nSPS) is 13.3. The van der Waals surface area contributed by atoms with Gasteiger partial charge in [0.2, 0.25) is 0 Å². The van der Waals surface area contributed by atoms with Crippen LogP contribution in [0.25, 0.3) is 0 Å². The third-order valence-corrected chi connectivity index (χ3v) is 3.39. The molecule has 86 valence electrons. The van der Waals surface area contributed by atoms with E-state index in [-0.39, 0.29) is 0 Å². The van der Waals surface area contributed by atoms with E-state index in [1.807, 2.05) is 6.92 Å². The maximum atomic E-state index is 5.79. The number of hydrogen-bond acceptors (Lipinski definition) is 4. The van der Waals surface area contributed by atoms with Crippen LogP contribution in [0.3, 0.4) is 0 Å². The molecule has 2 N–H and O–H groups in total. The Morgan fingerprint density at radius 1 is 1.60 bits per heavy atom. The quantitative estimate of drug-likeness (QED) is 0.722. The van der Waals surface area contributed by atoms with Crippen LogP contribution < -0.4 is 5.73 Å². The molecule has 1 aromatic rings. The number of rotatable bonds is 7. The predicted octanol–water partition coefficient (Wildman–Crippen LogP) is 1.72. The van der Waals surface area contributed by atoms with Crippen LogP contribution in [0, 0.1) is 0 Å². The average molecular weight is 228 g/mol. The summed E-state index contributed by atoms with van der Waals surface area (Å²) in [6, 6.07) is 4.53. The lowest BCUT2D eigenvalue weighted by molar-refractivity contribution is 0.109. The van der Waals surface area contributed by atoms with Crippen molar-refractivity contribution in [3.63, 3.8) is 0 Å². The van der Waals surface area contributed by atoms with Crippen LogP contribution in [0.2, 0.25) is 0 Å². The fraction of sp³-hybridized carbons (Fsp3) is 0.636. The highest BCUT2D eigenvalue weighted by Gasteiger charge is 2.15. The van der Waals surface area contributed by atoms with Crippen LogP contribution in [0.5, 0.6) is 0 Å². The van der Waals surface area contributed by atoms with E-state index in [4.69, 9.17) is 10.5 Å². The van der Waals surface area contributed by atoms with E-state index in [2.05, 4.69) is 29.5 Å². The Balaban J connectivity index is 2.44. The molecule has 1 aromatic heterocycles. The van der Waals surface area contributed by atoms with Crippen LogP contribution in [0.1, 0.15) is 17.8 Å². The molecule has 15 heavy (non-hydrogen) atoms. The van der Waals surface area contributed by atoms with Gasteiger partial charge in [-0.3, -0.25) is 4.90 Å². The molecular formula is C11H20N2OS. The number of ether oxygens (including phenoxy) is 1. The summed E-state index contributed by atoms with van der Waals surface area (Å²) in [5, 5.41) is 2.09. The first kappa shape index (κ1) is 12.6. The lowest BCUT2D eigenvalue weighted by Crippen LogP contribution is -2.32. The minimum absolute atomic E-state index is 0.324. The third-order valence-electron chi connectivity index (χ3n) is 2.42. The smallest absolute Gasteiger partial charge is 0.0593 e. The summed E-state index contributed by atoms with van der Waals surface area (Å²) < 4.78 is 5.34. The second-order valence-corrected chi connectivity index (χ2v) is 4.42. The molecule has 0 spiro atoms. The van der Waals surface area contributed by atoms with Crippen molar-refractivity contribution in [2.24, 2.45) is 5.73 Å². The topological polar surface area (TPSA) is 38.5 Å². The molecule has 4 heteroatoms. The Kier molecular flexibility index (Phi) is 5.86. The minimum atomic E-state index is 0.324. The van der Waals surface area contributed by atoms with E-state index in [1.54, 1.807) is 11.3 Å². The van der Waals surface area contributed by atoms with Crippen LogP contribution in [-0.4, -0.2) is 38.3 Å². The maximum absolute atomic E-state index is 5.79. The summed E-state index contributed by atoms with van der Waals surface area (Å²) in [4.78, 5) is 3.58. The van der Waals surface area contributed by atoms with E-state index < -0.39 is 0 Å². The van der Waals surface area contributed by atoms with E-state index >= 15 is 0 Å². The second-order valence-electron chi connectivity index (χ2n) is 3.44. The Morgan fingerprint density at radius 2 is 2.40 bits per heavy atom. The second kappa shape index (κ2) is 6.95. The van der Waals surface area contributed by atoms with Crippen LogP contribution in [0.15, 0.2) is 17.5 Å². The molecule has 0 aromatic carbocycles. The summed E-state index contributed by atoms with van der Waals surface area (Å²) in [7, 11) is 2.09. The van der Waals surface area contributed by atoms with E-state index in [0.29, 0.717) is 12.6 Å². The first-order valence-electron chi connectivity index (χ1n) is 5.31. The molecule has 0 fully saturated rings. The molecule has 1 unspecified atom stereocenters. The van der Waals surface area contributed by atoms with Gasteiger partial charge in [-0.25, -0.2) is 0 Å². The Hall–Kier alpha value is -0.420. The van der Waals surface area contributed by atoms with Gasteiger partial charge < -0.3 is 10.5 Å². The van der Waals surface area contributed by atoms with E-state index in [9.17, 15) is 0 Å². The van der Waals surface area contributed by atoms with Crippen molar-refractivity contribution in [2.45, 2.75) is 13.0 Å². The summed E-state index contributed by atoms with van der Waals surface area (Å²) in [6.45, 7) is 5.14. The van der Waals surface area contributed by atoms with E-state index in [0.717, 1.165) is 19.8 Å². The van der Waals surface area contributed by atoms with Gasteiger partial charge in [0.15, 0.2) is 0 Å². The van der Waals surface area contributed by atoms with Crippen LogP contribution in [-0.2, 0) is 4.74 Å². The monoisotopic (exact) mass is 228 g/mol. The lowest BCUT2D eigenvalue weighted by atomic mass is 10.2. The fourth-order valence-corrected chi connectivity index (χ4v) is 2.41. The van der Waals surface area contributed by atoms with Gasteiger partial charge >= 0.3 is 0 Å². The molecule has 0 aliphatic carbocycles. The third kappa shape index (κ3) is 3.91. The Labute approximate surface area is 95.8 Å². The van der Waals surface area contributed by atoms with Gasteiger partial charge in [-0.1, -0.05) is 6.07 Å². The number of likely N-dealkylation sites (N-methyl/N-ethyl adjacent to an activating group) is 1. The first-order chi connectivity index (χ1) is 7.29. The van der Waals surface area contributed by atoms with Gasteiger partial charge in [-0.05, 0) is 25.4 Å². The van der Waals surface area contributed by atoms with Crippen molar-refractivity contribution in [1.82, 2.24) is 4.90 Å². The zero-order valence-electron chi connectivity index (χ0n) is 9.48. The summed E-state index contributed by atoms with van der Waals surface area (Å²) in [5.74, 6) is 0. The van der Waals surface area contributed by atoms with Crippen molar-refractivity contribution in [1.29, 1.82) is 0 Å². The highest BCUT2D eigenvalue weighted by molar-refractivity contribution is 7.10. The molecule has 0 bridgehead atoms. The van der Waals surface area contributed by atoms with Crippen molar-refractivity contribution in [2.75, 3.05) is 33.4 Å². The number of nitrogens with two attached hydrogens (primary N) is 1. The SMILES string of the molecule is CCOCCN(C)C(CN)c1cccs1. The lowest BCUT2D eigenvalue weighted by Gasteiger charge is -2.25. The number of nitrogens with zero attached hydrogens (tertiary/aromatic N) is 1. The predicted molar refractivity (Wildman–Crippen MR) is 65.2 cm³/mol. The van der Waals surface area contributed by atoms with Gasteiger partial charge in [0.1, 0.15) is 0 Å². The molecule has 0 amide bonds. The van der Waals surface area contributed by atoms with Gasteiger partial charge in [0.25, 0.3) is 0 Å². The Bertz CT molecular complexity index is 251. The molecule has 0 aliphatic heterocycles. The highest BCUT2D eigenvalue weighted by atomic mass is 32.1. The molecule has 3 nitrogen and oxygen atoms in total. The van der Waals surface area contributed by atoms with Gasteiger partial charge in [-0.15, -0.1) is 11.3 Å². The minimum Gasteiger partial charge on any atom is -0.380 e. The fourth-order valence-electron chi connectivity index (χ4n) is 1.50. The highest BCUT2D eigenvalue weighted by Crippen LogP contribution is 2.22. The molecule has 0 saturated heterocycles. The molecule has 1 heterocycles. The Morgan fingerprint density at radius 3 is 2.93 bits per heavy atom. The number of hydrogen-bond donors (Lipinski definition) is 1. The molecule has 0 aliphatic rings. The maximum Gasteiger partial charge on any atom is 0.0593 e. The molecule has 0 radical (unpaired) electrons. The molecule has 1 atom stereocenters. The molecule has 0 saturated carbocycles. The van der Waals surface area contributed by atoms with Crippen molar-refractivity contribution < 1.29 is 4.74 Å². The largest absolute Gasteiger partial charge is 0.380 e. The van der Waals surface area contributed by atoms with Crippen LogP contribution >= 0.6 is 11.3 Å². The summed E-state index contributed by atoms with van der Waals surface area (Å²) in [6.07, 6.45) is 0. The zero-order chi connectivity index (χ0) is 11.1. The van der Waals surface area contributed by atoms with E-state index in [1.165, 1.54) is 4.88 Å². The average Bonchev–Trinajstić information content (AvgIpc) is 2.73. The van der Waals surface area contributed by atoms with Crippen molar-refractivity contribution in [3.8, 4) is 0 Å².